The molecule has 25 heavy (non-hydrogen) atoms. The maximum atomic E-state index is 11.4. The van der Waals surface area contributed by atoms with Crippen molar-refractivity contribution in [2.45, 2.75) is 0 Å². The number of fused-ring (bicyclic) bond motifs is 1. The summed E-state index contributed by atoms with van der Waals surface area (Å²) in [6.45, 7) is 0. The van der Waals surface area contributed by atoms with Crippen LogP contribution in [-0.2, 0) is 0 Å². The number of methoxy groups -OCH3 is 1. The third kappa shape index (κ3) is 3.19. The molecule has 128 valence electrons. The first-order valence-electron chi connectivity index (χ1n) is 7.75. The van der Waals surface area contributed by atoms with Gasteiger partial charge in [0.05, 0.1) is 23.7 Å². The van der Waals surface area contributed by atoms with Gasteiger partial charge in [0.15, 0.2) is 0 Å². The van der Waals surface area contributed by atoms with Crippen molar-refractivity contribution in [3.05, 3.63) is 53.2 Å². The average Bonchev–Trinajstić information content (AvgIpc) is 3.02. The number of H-pyrrole nitrogens is 1. The summed E-state index contributed by atoms with van der Waals surface area (Å²) in [4.78, 5) is 13.4. The molecule has 1 aromatic heterocycles. The van der Waals surface area contributed by atoms with Gasteiger partial charge in [0, 0.05) is 19.8 Å². The number of carbonyl (C=O) groups is 1. The molecule has 0 spiro atoms. The smallest absolute Gasteiger partial charge is 0.339 e. The number of aromatic carboxylic acids is 1. The Balaban J connectivity index is 2.01. The second kappa shape index (κ2) is 6.68. The third-order valence-electron chi connectivity index (χ3n) is 3.99. The number of ether oxygens (including phenoxy) is 1. The molecule has 0 saturated heterocycles. The van der Waals surface area contributed by atoms with E-state index in [-0.39, 0.29) is 5.56 Å². The minimum absolute atomic E-state index is 0.112. The van der Waals surface area contributed by atoms with Crippen molar-refractivity contribution in [2.75, 3.05) is 26.1 Å². The van der Waals surface area contributed by atoms with Gasteiger partial charge >= 0.3 is 5.97 Å². The molecular weight excluding hydrogens is 318 g/mol. The van der Waals surface area contributed by atoms with Crippen LogP contribution in [0.5, 0.6) is 5.75 Å². The minimum atomic E-state index is -1.03. The summed E-state index contributed by atoms with van der Waals surface area (Å²) < 4.78 is 5.33. The standard InChI is InChI=1S/C19H19N3O3/c1-22(2)13-7-4-12(5-8-13)6-10-15-17-16(21-20-15)11-9-14(19(23)24)18(17)25-3/h4-11H,1-3H3,(H,20,21)(H,23,24)/b10-6+. The molecular formula is C19H19N3O3. The summed E-state index contributed by atoms with van der Waals surface area (Å²) in [6, 6.07) is 11.3. The van der Waals surface area contributed by atoms with Gasteiger partial charge in [0.25, 0.3) is 0 Å². The Morgan fingerprint density at radius 2 is 1.88 bits per heavy atom. The van der Waals surface area contributed by atoms with E-state index in [1.54, 1.807) is 6.07 Å². The van der Waals surface area contributed by atoms with Gasteiger partial charge in [-0.1, -0.05) is 18.2 Å². The molecule has 0 fully saturated rings. The van der Waals surface area contributed by atoms with Crippen molar-refractivity contribution in [1.29, 1.82) is 0 Å². The van der Waals surface area contributed by atoms with Crippen LogP contribution < -0.4 is 9.64 Å². The zero-order valence-corrected chi connectivity index (χ0v) is 14.3. The number of nitrogens with zero attached hydrogens (tertiary/aromatic N) is 2. The van der Waals surface area contributed by atoms with E-state index in [9.17, 15) is 9.90 Å². The Hall–Kier alpha value is -3.28. The molecule has 0 radical (unpaired) electrons. The second-order valence-corrected chi connectivity index (χ2v) is 5.80. The Morgan fingerprint density at radius 3 is 2.48 bits per heavy atom. The molecule has 0 bridgehead atoms. The number of benzene rings is 2. The van der Waals surface area contributed by atoms with Gasteiger partial charge in [0.2, 0.25) is 0 Å². The number of nitrogens with one attached hydrogen (secondary N) is 1. The summed E-state index contributed by atoms with van der Waals surface area (Å²) in [5, 5.41) is 17.2. The summed E-state index contributed by atoms with van der Waals surface area (Å²) in [6.07, 6.45) is 3.78. The largest absolute Gasteiger partial charge is 0.495 e. The number of carboxylic acid groups (broad SMARTS) is 1. The molecule has 0 atom stereocenters. The maximum Gasteiger partial charge on any atom is 0.339 e. The fourth-order valence-electron chi connectivity index (χ4n) is 2.67. The molecule has 1 heterocycles. The number of hydrogen-bond acceptors (Lipinski definition) is 4. The van der Waals surface area contributed by atoms with Crippen molar-refractivity contribution in [3.8, 4) is 5.75 Å². The second-order valence-electron chi connectivity index (χ2n) is 5.80. The molecule has 3 aromatic rings. The molecule has 6 heteroatoms. The third-order valence-corrected chi connectivity index (χ3v) is 3.99. The normalized spacial score (nSPS) is 11.2. The Kier molecular flexibility index (Phi) is 4.43. The highest BCUT2D eigenvalue weighted by atomic mass is 16.5. The molecule has 0 aliphatic carbocycles. The minimum Gasteiger partial charge on any atom is -0.495 e. The monoisotopic (exact) mass is 337 g/mol. The lowest BCUT2D eigenvalue weighted by Gasteiger charge is -2.11. The van der Waals surface area contributed by atoms with Crippen molar-refractivity contribution in [2.24, 2.45) is 0 Å². The van der Waals surface area contributed by atoms with Crippen LogP contribution >= 0.6 is 0 Å². The van der Waals surface area contributed by atoms with Crippen LogP contribution in [0.3, 0.4) is 0 Å². The van der Waals surface area contributed by atoms with Gasteiger partial charge in [-0.2, -0.15) is 5.10 Å². The number of carboxylic acids is 1. The van der Waals surface area contributed by atoms with Crippen molar-refractivity contribution < 1.29 is 14.6 Å². The predicted molar refractivity (Wildman–Crippen MR) is 99.3 cm³/mol. The number of hydrogen-bond donors (Lipinski definition) is 2. The SMILES string of the molecule is COc1c(C(=O)O)ccc2[nH]nc(/C=C/c3ccc(N(C)C)cc3)c12. The van der Waals surface area contributed by atoms with E-state index in [2.05, 4.69) is 10.2 Å². The van der Waals surface area contributed by atoms with Gasteiger partial charge in [-0.15, -0.1) is 0 Å². The van der Waals surface area contributed by atoms with Crippen LogP contribution in [0.4, 0.5) is 5.69 Å². The molecule has 0 unspecified atom stereocenters. The van der Waals surface area contributed by atoms with E-state index >= 15 is 0 Å². The summed E-state index contributed by atoms with van der Waals surface area (Å²) in [7, 11) is 5.45. The number of aromatic nitrogens is 2. The molecule has 2 N–H and O–H groups in total. The molecule has 3 rings (SSSR count). The highest BCUT2D eigenvalue weighted by molar-refractivity contribution is 6.02. The number of rotatable bonds is 5. The highest BCUT2D eigenvalue weighted by Crippen LogP contribution is 2.32. The van der Waals surface area contributed by atoms with E-state index in [1.165, 1.54) is 13.2 Å². The lowest BCUT2D eigenvalue weighted by atomic mass is 10.1. The maximum absolute atomic E-state index is 11.4. The van der Waals surface area contributed by atoms with E-state index < -0.39 is 5.97 Å². The lowest BCUT2D eigenvalue weighted by Crippen LogP contribution is -2.07. The van der Waals surface area contributed by atoms with Crippen LogP contribution in [0.2, 0.25) is 0 Å². The fourth-order valence-corrected chi connectivity index (χ4v) is 2.67. The van der Waals surface area contributed by atoms with Gasteiger partial charge < -0.3 is 14.7 Å². The van der Waals surface area contributed by atoms with Crippen molar-refractivity contribution in [1.82, 2.24) is 10.2 Å². The van der Waals surface area contributed by atoms with Gasteiger partial charge in [-0.05, 0) is 35.9 Å². The first kappa shape index (κ1) is 16.6. The predicted octanol–water partition coefficient (Wildman–Crippen LogP) is 3.51. The van der Waals surface area contributed by atoms with E-state index in [1.807, 2.05) is 55.4 Å². The topological polar surface area (TPSA) is 78.5 Å². The Bertz CT molecular complexity index is 940. The van der Waals surface area contributed by atoms with Gasteiger partial charge in [-0.3, -0.25) is 5.10 Å². The lowest BCUT2D eigenvalue weighted by molar-refractivity contribution is 0.0693. The molecule has 6 nitrogen and oxygen atoms in total. The van der Waals surface area contributed by atoms with Crippen LogP contribution in [0.15, 0.2) is 36.4 Å². The first-order chi connectivity index (χ1) is 12.0. The fraction of sp³-hybridized carbons (Fsp3) is 0.158. The zero-order valence-electron chi connectivity index (χ0n) is 14.3. The summed E-state index contributed by atoms with van der Waals surface area (Å²) in [5.41, 5.74) is 3.61. The Labute approximate surface area is 145 Å². The molecule has 0 amide bonds. The van der Waals surface area contributed by atoms with Crippen LogP contribution in [0.25, 0.3) is 23.1 Å². The van der Waals surface area contributed by atoms with Crippen molar-refractivity contribution >= 4 is 34.7 Å². The summed E-state index contributed by atoms with van der Waals surface area (Å²) in [5.74, 6) is -0.726. The summed E-state index contributed by atoms with van der Waals surface area (Å²) >= 11 is 0. The van der Waals surface area contributed by atoms with E-state index in [0.717, 1.165) is 16.8 Å². The quantitative estimate of drug-likeness (QED) is 0.745. The molecule has 0 saturated carbocycles. The van der Waals surface area contributed by atoms with Crippen LogP contribution in [-0.4, -0.2) is 42.5 Å². The Morgan fingerprint density at radius 1 is 1.16 bits per heavy atom. The van der Waals surface area contributed by atoms with E-state index in [0.29, 0.717) is 16.8 Å². The molecule has 0 aliphatic heterocycles. The van der Waals surface area contributed by atoms with E-state index in [4.69, 9.17) is 4.74 Å². The zero-order chi connectivity index (χ0) is 18.0. The van der Waals surface area contributed by atoms with Gasteiger partial charge in [-0.25, -0.2) is 4.79 Å². The van der Waals surface area contributed by atoms with Crippen LogP contribution in [0, 0.1) is 0 Å². The van der Waals surface area contributed by atoms with Crippen molar-refractivity contribution in [3.63, 3.8) is 0 Å². The number of aromatic amines is 1. The molecule has 2 aromatic carbocycles. The van der Waals surface area contributed by atoms with Gasteiger partial charge in [0.1, 0.15) is 11.3 Å². The molecule has 0 aliphatic rings. The van der Waals surface area contributed by atoms with Crippen LogP contribution in [0.1, 0.15) is 21.6 Å². The first-order valence-corrected chi connectivity index (χ1v) is 7.75. The number of anilines is 1. The highest BCUT2D eigenvalue weighted by Gasteiger charge is 2.17. The average molecular weight is 337 g/mol.